The van der Waals surface area contributed by atoms with E-state index in [-0.39, 0.29) is 5.41 Å². The predicted molar refractivity (Wildman–Crippen MR) is 108 cm³/mol. The maximum atomic E-state index is 4.77. The predicted octanol–water partition coefficient (Wildman–Crippen LogP) is 3.22. The summed E-state index contributed by atoms with van der Waals surface area (Å²) in [4.78, 5) is 12.0. The van der Waals surface area contributed by atoms with Gasteiger partial charge in [0, 0.05) is 42.5 Å². The molecular weight excluding hydrogens is 330 g/mol. The Kier molecular flexibility index (Phi) is 6.86. The highest BCUT2D eigenvalue weighted by Gasteiger charge is 2.31. The fraction of sp³-hybridized carbons (Fsp3) is 0.789. The molecule has 1 saturated heterocycles. The second-order valence-corrected chi connectivity index (χ2v) is 9.29. The molecule has 5 nitrogen and oxygen atoms in total. The Balaban J connectivity index is 2.00. The summed E-state index contributed by atoms with van der Waals surface area (Å²) >= 11 is 1.70. The number of rotatable bonds is 5. The molecule has 2 unspecified atom stereocenters. The largest absolute Gasteiger partial charge is 0.357 e. The van der Waals surface area contributed by atoms with E-state index in [2.05, 4.69) is 69.4 Å². The molecule has 0 amide bonds. The highest BCUT2D eigenvalue weighted by Crippen LogP contribution is 2.24. The van der Waals surface area contributed by atoms with Gasteiger partial charge in [-0.1, -0.05) is 27.7 Å². The number of nitrogens with zero attached hydrogens (tertiary/aromatic N) is 3. The first-order valence-electron chi connectivity index (χ1n) is 9.44. The van der Waals surface area contributed by atoms with Crippen LogP contribution in [0.1, 0.15) is 59.2 Å². The van der Waals surface area contributed by atoms with E-state index in [1.807, 2.05) is 0 Å². The highest BCUT2D eigenvalue weighted by atomic mass is 32.1. The van der Waals surface area contributed by atoms with E-state index in [4.69, 9.17) is 9.98 Å². The van der Waals surface area contributed by atoms with Gasteiger partial charge in [0.15, 0.2) is 5.96 Å². The van der Waals surface area contributed by atoms with Crippen molar-refractivity contribution in [1.82, 2.24) is 20.5 Å². The molecule has 1 aliphatic rings. The molecule has 2 N–H and O–H groups in total. The molecule has 6 heteroatoms. The minimum Gasteiger partial charge on any atom is -0.357 e. The molecule has 1 aromatic rings. The second-order valence-electron chi connectivity index (χ2n) is 8.35. The van der Waals surface area contributed by atoms with E-state index in [0.717, 1.165) is 36.3 Å². The standard InChI is InChI=1S/C19H35N5S/c1-8-20-18(22-15-11-24(13(2)3)10-14(15)4)21-9-17-23-16(12-25-17)19(5,6)7/h12-15H,8-11H2,1-7H3,(H2,20,21,22). The molecular formula is C19H35N5S. The van der Waals surface area contributed by atoms with Crippen LogP contribution in [0.4, 0.5) is 0 Å². The first-order chi connectivity index (χ1) is 11.7. The normalized spacial score (nSPS) is 22.6. The summed E-state index contributed by atoms with van der Waals surface area (Å²) in [5.74, 6) is 1.52. The number of likely N-dealkylation sites (tertiary alicyclic amines) is 1. The van der Waals surface area contributed by atoms with Crippen molar-refractivity contribution < 1.29 is 0 Å². The first-order valence-corrected chi connectivity index (χ1v) is 10.3. The SMILES string of the molecule is CCNC(=NCc1nc(C(C)(C)C)cs1)NC1CN(C(C)C)CC1C. The smallest absolute Gasteiger partial charge is 0.191 e. The molecule has 0 aromatic carbocycles. The fourth-order valence-electron chi connectivity index (χ4n) is 2.98. The Bertz CT molecular complexity index is 573. The van der Waals surface area contributed by atoms with Crippen LogP contribution in [-0.4, -0.2) is 47.6 Å². The van der Waals surface area contributed by atoms with Crippen molar-refractivity contribution in [2.45, 2.75) is 72.5 Å². The summed E-state index contributed by atoms with van der Waals surface area (Å²) in [5, 5.41) is 10.2. The Morgan fingerprint density at radius 1 is 1.40 bits per heavy atom. The molecule has 0 aliphatic carbocycles. The number of hydrogen-bond acceptors (Lipinski definition) is 4. The van der Waals surface area contributed by atoms with E-state index >= 15 is 0 Å². The molecule has 2 rings (SSSR count). The number of guanidine groups is 1. The number of aromatic nitrogens is 1. The average molecular weight is 366 g/mol. The third kappa shape index (κ3) is 5.68. The monoisotopic (exact) mass is 365 g/mol. The van der Waals surface area contributed by atoms with Gasteiger partial charge in [-0.15, -0.1) is 11.3 Å². The van der Waals surface area contributed by atoms with Gasteiger partial charge in [-0.3, -0.25) is 4.90 Å². The zero-order valence-electron chi connectivity index (χ0n) is 16.9. The van der Waals surface area contributed by atoms with E-state index in [1.165, 1.54) is 0 Å². The summed E-state index contributed by atoms with van der Waals surface area (Å²) in [6, 6.07) is 1.04. The quantitative estimate of drug-likeness (QED) is 0.621. The van der Waals surface area contributed by atoms with Gasteiger partial charge in [-0.2, -0.15) is 0 Å². The molecule has 1 aromatic heterocycles. The van der Waals surface area contributed by atoms with Crippen LogP contribution in [0.25, 0.3) is 0 Å². The lowest BCUT2D eigenvalue weighted by molar-refractivity contribution is 0.265. The Labute approximate surface area is 157 Å². The molecule has 2 heterocycles. The van der Waals surface area contributed by atoms with Crippen LogP contribution < -0.4 is 10.6 Å². The Hall–Kier alpha value is -1.14. The van der Waals surface area contributed by atoms with Gasteiger partial charge in [0.1, 0.15) is 5.01 Å². The van der Waals surface area contributed by atoms with Crippen molar-refractivity contribution in [2.24, 2.45) is 10.9 Å². The zero-order chi connectivity index (χ0) is 18.6. The van der Waals surface area contributed by atoms with Crippen LogP contribution in [0.15, 0.2) is 10.4 Å². The van der Waals surface area contributed by atoms with Gasteiger partial charge in [0.25, 0.3) is 0 Å². The minimum absolute atomic E-state index is 0.0980. The van der Waals surface area contributed by atoms with Crippen molar-refractivity contribution in [2.75, 3.05) is 19.6 Å². The molecule has 0 radical (unpaired) electrons. The van der Waals surface area contributed by atoms with Gasteiger partial charge in [-0.05, 0) is 26.7 Å². The van der Waals surface area contributed by atoms with Crippen molar-refractivity contribution in [3.63, 3.8) is 0 Å². The van der Waals surface area contributed by atoms with Gasteiger partial charge in [0.2, 0.25) is 0 Å². The van der Waals surface area contributed by atoms with Crippen LogP contribution in [0.3, 0.4) is 0 Å². The van der Waals surface area contributed by atoms with Gasteiger partial charge < -0.3 is 10.6 Å². The molecule has 142 valence electrons. The van der Waals surface area contributed by atoms with Crippen LogP contribution in [0.2, 0.25) is 0 Å². The molecule has 0 saturated carbocycles. The van der Waals surface area contributed by atoms with E-state index in [1.54, 1.807) is 11.3 Å². The van der Waals surface area contributed by atoms with E-state index in [9.17, 15) is 0 Å². The number of aliphatic imine (C=N–C) groups is 1. The number of hydrogen-bond donors (Lipinski definition) is 2. The molecule has 25 heavy (non-hydrogen) atoms. The summed E-state index contributed by atoms with van der Waals surface area (Å²) in [6.45, 7) is 19.3. The lowest BCUT2D eigenvalue weighted by atomic mass is 9.93. The topological polar surface area (TPSA) is 52.6 Å². The van der Waals surface area contributed by atoms with Crippen LogP contribution in [0, 0.1) is 5.92 Å². The maximum Gasteiger partial charge on any atom is 0.191 e. The number of nitrogens with one attached hydrogen (secondary N) is 2. The first kappa shape index (κ1) is 20.2. The van der Waals surface area contributed by atoms with Gasteiger partial charge >= 0.3 is 0 Å². The minimum atomic E-state index is 0.0980. The molecule has 1 aliphatic heterocycles. The highest BCUT2D eigenvalue weighted by molar-refractivity contribution is 7.09. The summed E-state index contributed by atoms with van der Waals surface area (Å²) in [5.41, 5.74) is 1.25. The van der Waals surface area contributed by atoms with Crippen molar-refractivity contribution in [3.8, 4) is 0 Å². The Morgan fingerprint density at radius 2 is 2.12 bits per heavy atom. The zero-order valence-corrected chi connectivity index (χ0v) is 17.7. The molecule has 2 atom stereocenters. The van der Waals surface area contributed by atoms with Crippen LogP contribution >= 0.6 is 11.3 Å². The second kappa shape index (κ2) is 8.49. The van der Waals surface area contributed by atoms with E-state index in [0.29, 0.717) is 24.5 Å². The molecule has 0 spiro atoms. The molecule has 0 bridgehead atoms. The van der Waals surface area contributed by atoms with Crippen molar-refractivity contribution in [1.29, 1.82) is 0 Å². The molecule has 1 fully saturated rings. The third-order valence-corrected chi connectivity index (χ3v) is 5.56. The van der Waals surface area contributed by atoms with Gasteiger partial charge in [0.05, 0.1) is 12.2 Å². The third-order valence-electron chi connectivity index (χ3n) is 4.73. The van der Waals surface area contributed by atoms with Crippen molar-refractivity contribution >= 4 is 17.3 Å². The lowest BCUT2D eigenvalue weighted by Gasteiger charge is -2.21. The summed E-state index contributed by atoms with van der Waals surface area (Å²) in [7, 11) is 0. The average Bonchev–Trinajstić information content (AvgIpc) is 3.12. The fourth-order valence-corrected chi connectivity index (χ4v) is 3.93. The van der Waals surface area contributed by atoms with E-state index < -0.39 is 0 Å². The Morgan fingerprint density at radius 3 is 2.64 bits per heavy atom. The van der Waals surface area contributed by atoms with Crippen LogP contribution in [0.5, 0.6) is 0 Å². The lowest BCUT2D eigenvalue weighted by Crippen LogP contribution is -2.46. The summed E-state index contributed by atoms with van der Waals surface area (Å²) < 4.78 is 0. The number of thiazole rings is 1. The van der Waals surface area contributed by atoms with Crippen LogP contribution in [-0.2, 0) is 12.0 Å². The van der Waals surface area contributed by atoms with Gasteiger partial charge in [-0.25, -0.2) is 9.98 Å². The van der Waals surface area contributed by atoms with Crippen molar-refractivity contribution in [3.05, 3.63) is 16.1 Å². The maximum absolute atomic E-state index is 4.77. The summed E-state index contributed by atoms with van der Waals surface area (Å²) in [6.07, 6.45) is 0.